The average Bonchev–Trinajstić information content (AvgIpc) is 3.39. The molecule has 5 nitrogen and oxygen atoms in total. The van der Waals surface area contributed by atoms with Crippen LogP contribution in [0, 0.1) is 11.6 Å². The molecule has 1 aliphatic rings. The number of carbonyl (C=O) groups is 1. The van der Waals surface area contributed by atoms with Gasteiger partial charge >= 0.3 is 0 Å². The lowest BCUT2D eigenvalue weighted by Gasteiger charge is -2.19. The van der Waals surface area contributed by atoms with Gasteiger partial charge in [-0.05, 0) is 25.0 Å². The Bertz CT molecular complexity index is 1010. The number of nitrogens with zero attached hydrogens (tertiary/aromatic N) is 2. The maximum atomic E-state index is 13.9. The van der Waals surface area contributed by atoms with Gasteiger partial charge in [0, 0.05) is 43.6 Å². The van der Waals surface area contributed by atoms with Gasteiger partial charge in [0.25, 0.3) is 0 Å². The molecule has 1 saturated heterocycles. The van der Waals surface area contributed by atoms with Gasteiger partial charge in [0.15, 0.2) is 11.7 Å². The van der Waals surface area contributed by atoms with Crippen molar-refractivity contribution in [2.75, 3.05) is 18.0 Å². The molecule has 0 bridgehead atoms. The molecule has 1 aliphatic heterocycles. The van der Waals surface area contributed by atoms with E-state index in [4.69, 9.17) is 4.42 Å². The number of carbonyl (C=O) groups excluding carboxylic acids is 1. The van der Waals surface area contributed by atoms with Gasteiger partial charge in [-0.1, -0.05) is 30.3 Å². The van der Waals surface area contributed by atoms with Crippen LogP contribution in [0.5, 0.6) is 0 Å². The van der Waals surface area contributed by atoms with E-state index in [1.54, 1.807) is 6.20 Å². The molecule has 3 aromatic rings. The lowest BCUT2D eigenvalue weighted by atomic mass is 10.2. The summed E-state index contributed by atoms with van der Waals surface area (Å²) < 4.78 is 32.8. The second-order valence-corrected chi connectivity index (χ2v) is 7.43. The van der Waals surface area contributed by atoms with Crippen LogP contribution in [0.2, 0.25) is 0 Å². The number of hydrogen-bond donors (Lipinski definition) is 1. The summed E-state index contributed by atoms with van der Waals surface area (Å²) in [6.45, 7) is 1.13. The fraction of sp³-hybridized carbons (Fsp3) is 0.304. The van der Waals surface area contributed by atoms with Crippen LogP contribution < -0.4 is 10.2 Å². The third-order valence-electron chi connectivity index (χ3n) is 5.21. The van der Waals surface area contributed by atoms with Crippen LogP contribution in [-0.4, -0.2) is 30.0 Å². The Hall–Kier alpha value is -3.22. The Labute approximate surface area is 173 Å². The second kappa shape index (κ2) is 9.07. The van der Waals surface area contributed by atoms with Gasteiger partial charge in [-0.25, -0.2) is 13.8 Å². The lowest BCUT2D eigenvalue weighted by Crippen LogP contribution is -2.37. The molecule has 30 heavy (non-hydrogen) atoms. The van der Waals surface area contributed by atoms with E-state index in [1.807, 2.05) is 35.2 Å². The van der Waals surface area contributed by atoms with Crippen LogP contribution in [0.1, 0.15) is 25.2 Å². The molecule has 7 heteroatoms. The minimum atomic E-state index is -0.595. The number of rotatable bonds is 7. The summed E-state index contributed by atoms with van der Waals surface area (Å²) in [4.78, 5) is 18.4. The van der Waals surface area contributed by atoms with E-state index in [9.17, 15) is 13.6 Å². The number of aryl methyl sites for hydroxylation is 1. The van der Waals surface area contributed by atoms with Crippen molar-refractivity contribution in [2.24, 2.45) is 0 Å². The highest BCUT2D eigenvalue weighted by molar-refractivity contribution is 5.76. The molecule has 0 saturated carbocycles. The van der Waals surface area contributed by atoms with Crippen molar-refractivity contribution < 1.29 is 18.0 Å². The van der Waals surface area contributed by atoms with Crippen LogP contribution in [0.4, 0.5) is 14.5 Å². The fourth-order valence-corrected chi connectivity index (χ4v) is 3.70. The van der Waals surface area contributed by atoms with Crippen molar-refractivity contribution in [3.8, 4) is 11.3 Å². The van der Waals surface area contributed by atoms with Crippen molar-refractivity contribution in [1.82, 2.24) is 10.3 Å². The quantitative estimate of drug-likeness (QED) is 0.629. The fourth-order valence-electron chi connectivity index (χ4n) is 3.70. The molecule has 0 aliphatic carbocycles. The van der Waals surface area contributed by atoms with E-state index in [2.05, 4.69) is 10.3 Å². The van der Waals surface area contributed by atoms with Gasteiger partial charge in [0.05, 0.1) is 11.9 Å². The number of amides is 1. The van der Waals surface area contributed by atoms with Crippen LogP contribution in [0.15, 0.2) is 59.1 Å². The summed E-state index contributed by atoms with van der Waals surface area (Å²) in [7, 11) is 0. The predicted octanol–water partition coefficient (Wildman–Crippen LogP) is 4.34. The number of oxazole rings is 1. The standard InChI is InChI=1S/C23H23F2N3O2/c24-17-9-10-20(19(25)13-17)28-12-11-18(15-28)27-22(29)7-4-8-23-26-14-21(30-23)16-5-2-1-3-6-16/h1-3,5-6,9-10,13-14,18H,4,7-8,11-12,15H2,(H,27,29). The summed E-state index contributed by atoms with van der Waals surface area (Å²) in [5.74, 6) is 0.107. The molecule has 1 aromatic heterocycles. The minimum absolute atomic E-state index is 0.0451. The van der Waals surface area contributed by atoms with E-state index in [0.717, 1.165) is 18.1 Å². The van der Waals surface area contributed by atoms with Crippen molar-refractivity contribution in [2.45, 2.75) is 31.7 Å². The van der Waals surface area contributed by atoms with E-state index in [-0.39, 0.29) is 11.9 Å². The Morgan fingerprint density at radius 3 is 2.83 bits per heavy atom. The molecular weight excluding hydrogens is 388 g/mol. The molecule has 1 amide bonds. The number of aromatic nitrogens is 1. The summed E-state index contributed by atoms with van der Waals surface area (Å²) in [5.41, 5.74) is 1.34. The zero-order chi connectivity index (χ0) is 20.9. The monoisotopic (exact) mass is 411 g/mol. The highest BCUT2D eigenvalue weighted by atomic mass is 19.1. The SMILES string of the molecule is O=C(CCCc1ncc(-c2ccccc2)o1)NC1CCN(c2ccc(F)cc2F)C1. The first-order chi connectivity index (χ1) is 14.6. The molecule has 0 spiro atoms. The lowest BCUT2D eigenvalue weighted by molar-refractivity contribution is -0.121. The maximum absolute atomic E-state index is 13.9. The maximum Gasteiger partial charge on any atom is 0.220 e. The number of benzene rings is 2. The zero-order valence-corrected chi connectivity index (χ0v) is 16.5. The third kappa shape index (κ3) is 4.84. The minimum Gasteiger partial charge on any atom is -0.441 e. The van der Waals surface area contributed by atoms with Gasteiger partial charge in [-0.15, -0.1) is 0 Å². The molecule has 1 N–H and O–H groups in total. The molecule has 1 atom stereocenters. The second-order valence-electron chi connectivity index (χ2n) is 7.43. The first-order valence-corrected chi connectivity index (χ1v) is 10.1. The Balaban J connectivity index is 1.22. The first kappa shape index (κ1) is 20.1. The van der Waals surface area contributed by atoms with Gasteiger partial charge in [0.1, 0.15) is 11.6 Å². The van der Waals surface area contributed by atoms with Crippen molar-refractivity contribution >= 4 is 11.6 Å². The summed E-state index contributed by atoms with van der Waals surface area (Å²) in [6, 6.07) is 13.3. The molecule has 156 valence electrons. The largest absolute Gasteiger partial charge is 0.441 e. The first-order valence-electron chi connectivity index (χ1n) is 10.1. The van der Waals surface area contributed by atoms with E-state index >= 15 is 0 Å². The molecule has 2 heterocycles. The number of anilines is 1. The van der Waals surface area contributed by atoms with E-state index < -0.39 is 11.6 Å². The van der Waals surface area contributed by atoms with Gasteiger partial charge in [-0.2, -0.15) is 0 Å². The highest BCUT2D eigenvalue weighted by Gasteiger charge is 2.25. The van der Waals surface area contributed by atoms with E-state index in [0.29, 0.717) is 49.7 Å². The van der Waals surface area contributed by atoms with Crippen LogP contribution in [-0.2, 0) is 11.2 Å². The Kier molecular flexibility index (Phi) is 6.07. The Morgan fingerprint density at radius 1 is 1.20 bits per heavy atom. The van der Waals surface area contributed by atoms with Crippen LogP contribution in [0.25, 0.3) is 11.3 Å². The number of nitrogens with one attached hydrogen (secondary N) is 1. The number of halogens is 2. The molecule has 1 fully saturated rings. The van der Waals surface area contributed by atoms with Crippen molar-refractivity contribution in [3.05, 3.63) is 72.3 Å². The van der Waals surface area contributed by atoms with Gasteiger partial charge < -0.3 is 14.6 Å². The predicted molar refractivity (Wildman–Crippen MR) is 110 cm³/mol. The molecule has 4 rings (SSSR count). The van der Waals surface area contributed by atoms with Gasteiger partial charge in [0.2, 0.25) is 5.91 Å². The van der Waals surface area contributed by atoms with Crippen LogP contribution in [0.3, 0.4) is 0 Å². The smallest absolute Gasteiger partial charge is 0.220 e. The van der Waals surface area contributed by atoms with E-state index in [1.165, 1.54) is 12.1 Å². The van der Waals surface area contributed by atoms with Crippen molar-refractivity contribution in [1.29, 1.82) is 0 Å². The zero-order valence-electron chi connectivity index (χ0n) is 16.5. The molecule has 0 radical (unpaired) electrons. The molecular formula is C23H23F2N3O2. The van der Waals surface area contributed by atoms with Crippen molar-refractivity contribution in [3.63, 3.8) is 0 Å². The molecule has 2 aromatic carbocycles. The average molecular weight is 411 g/mol. The summed E-state index contributed by atoms with van der Waals surface area (Å²) >= 11 is 0. The van der Waals surface area contributed by atoms with Gasteiger partial charge in [-0.3, -0.25) is 4.79 Å². The topological polar surface area (TPSA) is 58.4 Å². The van der Waals surface area contributed by atoms with Crippen LogP contribution >= 0.6 is 0 Å². The molecule has 1 unspecified atom stereocenters. The summed E-state index contributed by atoms with van der Waals surface area (Å²) in [6.07, 6.45) is 4.00. The highest BCUT2D eigenvalue weighted by Crippen LogP contribution is 2.24. The Morgan fingerprint density at radius 2 is 2.03 bits per heavy atom. The summed E-state index contributed by atoms with van der Waals surface area (Å²) in [5, 5.41) is 3.00. The third-order valence-corrected chi connectivity index (χ3v) is 5.21. The number of hydrogen-bond acceptors (Lipinski definition) is 4. The normalized spacial score (nSPS) is 16.1.